The first-order chi connectivity index (χ1) is 28.2. The fraction of sp³-hybridized carbons (Fsp3) is 0.844. The fourth-order valence-electron chi connectivity index (χ4n) is 11.5. The number of ketones is 1. The Morgan fingerprint density at radius 1 is 0.814 bits per heavy atom. The lowest BCUT2D eigenvalue weighted by atomic mass is 9.51. The van der Waals surface area contributed by atoms with Crippen LogP contribution in [-0.2, 0) is 53.0 Å². The van der Waals surface area contributed by atoms with Crippen molar-refractivity contribution in [1.29, 1.82) is 0 Å². The molecule has 3 aliphatic carbocycles. The SMILES string of the molecule is CO[C@H]1C[C@H](COC[C@H]2[C@H](C)O[C@@H](O[C@H]3CC4=CC[C@@H]5C(=O)[C@](O)(c6ccoc6C)CC[C@@H]5[C@]4(C)C[C@@H]3O)C[C@@H]2OC)O[C@H](C)[C@@H]1COC[C@H]1C[C@@H](OC)[C@H](O)[C@@H](C)O1. The third-order valence-electron chi connectivity index (χ3n) is 15.1. The number of carbonyl (C=O) groups is 1. The summed E-state index contributed by atoms with van der Waals surface area (Å²) in [6, 6.07) is 1.71. The normalized spacial score (nSPS) is 45.4. The Labute approximate surface area is 349 Å². The van der Waals surface area contributed by atoms with Crippen molar-refractivity contribution in [2.24, 2.45) is 29.1 Å². The maximum Gasteiger partial charge on any atom is 0.172 e. The Balaban J connectivity index is 0.871. The van der Waals surface area contributed by atoms with Gasteiger partial charge in [-0.15, -0.1) is 0 Å². The number of aliphatic hydroxyl groups is 3. The molecule has 0 amide bonds. The van der Waals surface area contributed by atoms with Crippen LogP contribution in [0, 0.1) is 36.0 Å². The first-order valence-corrected chi connectivity index (χ1v) is 21.9. The summed E-state index contributed by atoms with van der Waals surface area (Å²) in [5.41, 5.74) is -0.139. The molecule has 3 aliphatic heterocycles. The molecule has 14 nitrogen and oxygen atoms in total. The second kappa shape index (κ2) is 18.9. The minimum Gasteiger partial charge on any atom is -0.469 e. The molecule has 2 saturated carbocycles. The summed E-state index contributed by atoms with van der Waals surface area (Å²) >= 11 is 0. The number of aliphatic hydroxyl groups excluding tert-OH is 2. The molecular weight excluding hydrogens is 764 g/mol. The van der Waals surface area contributed by atoms with Crippen LogP contribution >= 0.6 is 0 Å². The molecule has 0 unspecified atom stereocenters. The minimum absolute atomic E-state index is 0.0265. The molecule has 3 N–H and O–H groups in total. The summed E-state index contributed by atoms with van der Waals surface area (Å²) in [6.07, 6.45) is 4.19. The van der Waals surface area contributed by atoms with Gasteiger partial charge in [-0.1, -0.05) is 18.6 Å². The maximum absolute atomic E-state index is 13.9. The number of rotatable bonds is 14. The van der Waals surface area contributed by atoms with E-state index in [1.165, 1.54) is 11.8 Å². The van der Waals surface area contributed by atoms with Crippen LogP contribution in [0.1, 0.15) is 90.4 Å². The summed E-state index contributed by atoms with van der Waals surface area (Å²) in [7, 11) is 5.04. The molecule has 6 aliphatic rings. The van der Waals surface area contributed by atoms with Gasteiger partial charge in [-0.3, -0.25) is 4.79 Å². The zero-order valence-corrected chi connectivity index (χ0v) is 36.3. The predicted octanol–water partition coefficient (Wildman–Crippen LogP) is 4.41. The second-order valence-electron chi connectivity index (χ2n) is 18.5. The molecule has 0 radical (unpaired) electrons. The molecule has 0 spiro atoms. The molecule has 5 fully saturated rings. The van der Waals surface area contributed by atoms with Crippen molar-refractivity contribution in [3.63, 3.8) is 0 Å². The number of Topliss-reactive ketones (excluding diaryl/α,β-unsaturated/α-hetero) is 1. The highest BCUT2D eigenvalue weighted by atomic mass is 16.7. The average molecular weight is 835 g/mol. The predicted molar refractivity (Wildman–Crippen MR) is 213 cm³/mol. The Hall–Kier alpha value is -1.79. The van der Waals surface area contributed by atoms with Crippen LogP contribution in [0.15, 0.2) is 28.4 Å². The molecule has 0 bridgehead atoms. The highest BCUT2D eigenvalue weighted by molar-refractivity contribution is 5.92. The second-order valence-corrected chi connectivity index (χ2v) is 18.5. The monoisotopic (exact) mass is 834 g/mol. The van der Waals surface area contributed by atoms with E-state index in [1.54, 1.807) is 34.3 Å². The van der Waals surface area contributed by atoms with Gasteiger partial charge >= 0.3 is 0 Å². The molecule has 0 aromatic carbocycles. The number of carbonyl (C=O) groups excluding carboxylic acids is 1. The largest absolute Gasteiger partial charge is 0.469 e. The van der Waals surface area contributed by atoms with Crippen LogP contribution in [0.4, 0.5) is 0 Å². The average Bonchev–Trinajstić information content (AvgIpc) is 3.65. The van der Waals surface area contributed by atoms with Crippen molar-refractivity contribution in [2.45, 2.75) is 165 Å². The summed E-state index contributed by atoms with van der Waals surface area (Å²) in [4.78, 5) is 13.9. The first kappa shape index (κ1) is 45.2. The number of allylic oxidation sites excluding steroid dienone is 1. The number of aryl methyl sites for hydroxylation is 1. The van der Waals surface area contributed by atoms with Gasteiger partial charge in [0.05, 0.1) is 93.7 Å². The molecule has 3 saturated heterocycles. The minimum atomic E-state index is -1.54. The topological polar surface area (TPSA) is 174 Å². The molecule has 334 valence electrons. The van der Waals surface area contributed by atoms with E-state index in [0.29, 0.717) is 89.1 Å². The number of hydrogen-bond acceptors (Lipinski definition) is 14. The van der Waals surface area contributed by atoms with Gasteiger partial charge in [-0.05, 0) is 77.2 Å². The van der Waals surface area contributed by atoms with Gasteiger partial charge in [-0.25, -0.2) is 0 Å². The van der Waals surface area contributed by atoms with Crippen LogP contribution < -0.4 is 0 Å². The highest BCUT2D eigenvalue weighted by Crippen LogP contribution is 2.58. The third-order valence-corrected chi connectivity index (χ3v) is 15.1. The summed E-state index contributed by atoms with van der Waals surface area (Å²) < 4.78 is 60.6. The van der Waals surface area contributed by atoms with Crippen LogP contribution in [0.3, 0.4) is 0 Å². The number of ether oxygens (including phenoxy) is 9. The van der Waals surface area contributed by atoms with E-state index < -0.39 is 30.2 Å². The number of methoxy groups -OCH3 is 3. The standard InChI is InChI=1S/C45H70O14/c1-24-32(22-54-21-30-17-40(52-8)42(47)27(4)57-30)37(50-6)16-29(56-24)20-53-23-33-25(2)58-41(18-38(33)51-7)59-39-15-28-9-10-31-35(44(28,5)19-36(39)46)11-13-45(49,43(31)48)34-12-14-55-26(34)3/h9,12,14,24-25,27,29-33,35-42,46-47,49H,10-11,13,15-23H2,1-8H3/t24-,25+,27-,29-,30-,31+,32+,33+,35+,36+,37+,38+,39+,40-,41+,42-,44-,45-/m1/s1. The van der Waals surface area contributed by atoms with E-state index in [2.05, 4.69) is 13.0 Å². The smallest absolute Gasteiger partial charge is 0.172 e. The zero-order valence-electron chi connectivity index (χ0n) is 36.3. The van der Waals surface area contributed by atoms with Crippen molar-refractivity contribution in [3.05, 3.63) is 35.3 Å². The van der Waals surface area contributed by atoms with Crippen molar-refractivity contribution >= 4 is 5.78 Å². The van der Waals surface area contributed by atoms with E-state index in [1.807, 2.05) is 20.8 Å². The van der Waals surface area contributed by atoms with Gasteiger partial charge < -0.3 is 62.4 Å². The summed E-state index contributed by atoms with van der Waals surface area (Å²) in [6.45, 7) is 11.6. The first-order valence-electron chi connectivity index (χ1n) is 21.9. The lowest BCUT2D eigenvalue weighted by molar-refractivity contribution is -0.270. The van der Waals surface area contributed by atoms with Gasteiger partial charge in [0.15, 0.2) is 17.7 Å². The number of hydrogen-bond donors (Lipinski definition) is 3. The van der Waals surface area contributed by atoms with Crippen LogP contribution in [-0.4, -0.2) is 142 Å². The van der Waals surface area contributed by atoms with Crippen molar-refractivity contribution in [1.82, 2.24) is 0 Å². The maximum atomic E-state index is 13.9. The van der Waals surface area contributed by atoms with Crippen LogP contribution in [0.2, 0.25) is 0 Å². The summed E-state index contributed by atoms with van der Waals surface area (Å²) in [5, 5.41) is 33.5. The Kier molecular flexibility index (Phi) is 14.5. The number of furan rings is 1. The van der Waals surface area contributed by atoms with E-state index in [4.69, 9.17) is 47.0 Å². The quantitative estimate of drug-likeness (QED) is 0.225. The molecular formula is C45H70O14. The zero-order chi connectivity index (χ0) is 42.2. The van der Waals surface area contributed by atoms with Crippen molar-refractivity contribution in [2.75, 3.05) is 47.8 Å². The molecule has 7 rings (SSSR count). The van der Waals surface area contributed by atoms with E-state index >= 15 is 0 Å². The fourth-order valence-corrected chi connectivity index (χ4v) is 11.5. The Morgan fingerprint density at radius 2 is 1.42 bits per heavy atom. The van der Waals surface area contributed by atoms with Gasteiger partial charge in [-0.2, -0.15) is 0 Å². The van der Waals surface area contributed by atoms with Gasteiger partial charge in [0.2, 0.25) is 0 Å². The van der Waals surface area contributed by atoms with E-state index in [-0.39, 0.29) is 83.7 Å². The van der Waals surface area contributed by atoms with Crippen molar-refractivity contribution < 1.29 is 67.2 Å². The molecule has 1 aromatic heterocycles. The van der Waals surface area contributed by atoms with Gasteiger partial charge in [0.1, 0.15) is 11.9 Å². The summed E-state index contributed by atoms with van der Waals surface area (Å²) in [5.74, 6) is 0.138. The van der Waals surface area contributed by atoms with Gasteiger partial charge in [0, 0.05) is 63.9 Å². The molecule has 4 heterocycles. The Morgan fingerprint density at radius 3 is 2.05 bits per heavy atom. The lowest BCUT2D eigenvalue weighted by Gasteiger charge is -2.55. The van der Waals surface area contributed by atoms with E-state index in [0.717, 1.165) is 0 Å². The van der Waals surface area contributed by atoms with Crippen LogP contribution in [0.25, 0.3) is 0 Å². The molecule has 18 atom stereocenters. The van der Waals surface area contributed by atoms with Gasteiger partial charge in [0.25, 0.3) is 0 Å². The Bertz CT molecular complexity index is 1580. The lowest BCUT2D eigenvalue weighted by Crippen LogP contribution is -2.56. The van der Waals surface area contributed by atoms with Crippen molar-refractivity contribution in [3.8, 4) is 0 Å². The van der Waals surface area contributed by atoms with Crippen LogP contribution in [0.5, 0.6) is 0 Å². The number of fused-ring (bicyclic) bond motifs is 3. The molecule has 14 heteroatoms. The molecule has 1 aromatic rings. The third kappa shape index (κ3) is 9.17. The molecule has 59 heavy (non-hydrogen) atoms. The van der Waals surface area contributed by atoms with E-state index in [9.17, 15) is 20.1 Å². The highest BCUT2D eigenvalue weighted by Gasteiger charge is 2.58.